The predicted octanol–water partition coefficient (Wildman–Crippen LogP) is 5.04. The molecule has 4 heterocycles. The molecule has 1 aromatic carbocycles. The lowest BCUT2D eigenvalue weighted by atomic mass is 9.84. The second-order valence-corrected chi connectivity index (χ2v) is 13.0. The van der Waals surface area contributed by atoms with Crippen molar-refractivity contribution in [3.05, 3.63) is 53.2 Å². The lowest BCUT2D eigenvalue weighted by molar-refractivity contribution is -0.138. The van der Waals surface area contributed by atoms with E-state index in [1.54, 1.807) is 0 Å². The van der Waals surface area contributed by atoms with E-state index in [9.17, 15) is 14.7 Å². The van der Waals surface area contributed by atoms with E-state index in [1.165, 1.54) is 12.0 Å². The van der Waals surface area contributed by atoms with Gasteiger partial charge in [-0.25, -0.2) is 4.98 Å². The first-order valence-corrected chi connectivity index (χ1v) is 15.6. The molecule has 3 aliphatic heterocycles. The number of anilines is 2. The molecule has 0 saturated carbocycles. The number of piperidine rings is 2. The predicted molar refractivity (Wildman–Crippen MR) is 163 cm³/mol. The highest BCUT2D eigenvalue weighted by Crippen LogP contribution is 2.33. The molecule has 3 N–H and O–H groups in total. The average molecular weight is 562 g/mol. The summed E-state index contributed by atoms with van der Waals surface area (Å²) < 4.78 is 0. The van der Waals surface area contributed by atoms with Gasteiger partial charge in [0.25, 0.3) is 0 Å². The minimum absolute atomic E-state index is 0.0344. The molecule has 0 aliphatic carbocycles. The van der Waals surface area contributed by atoms with Crippen LogP contribution in [-0.2, 0) is 22.4 Å². The highest BCUT2D eigenvalue weighted by Gasteiger charge is 2.30. The molecule has 1 amide bonds. The fourth-order valence-electron chi connectivity index (χ4n) is 6.76. The molecule has 2 fully saturated rings. The molecule has 0 radical (unpaired) electrons. The van der Waals surface area contributed by atoms with Crippen molar-refractivity contribution in [3.8, 4) is 0 Å². The molecule has 8 nitrogen and oxygen atoms in total. The normalized spacial score (nSPS) is 21.4. The minimum atomic E-state index is -0.906. The summed E-state index contributed by atoms with van der Waals surface area (Å²) in [5, 5.41) is 16.2. The van der Waals surface area contributed by atoms with E-state index < -0.39 is 12.0 Å². The van der Waals surface area contributed by atoms with Gasteiger partial charge < -0.3 is 25.5 Å². The number of benzene rings is 1. The third-order valence-electron chi connectivity index (χ3n) is 8.97. The molecular weight excluding hydrogens is 514 g/mol. The fraction of sp³-hybridized carbons (Fsp3) is 0.606. The molecular formula is C33H47N5O3. The van der Waals surface area contributed by atoms with Gasteiger partial charge in [0.15, 0.2) is 0 Å². The van der Waals surface area contributed by atoms with Gasteiger partial charge in [0.1, 0.15) is 5.82 Å². The summed E-state index contributed by atoms with van der Waals surface area (Å²) in [7, 11) is 0. The number of aliphatic carboxylic acids is 1. The number of carboxylic acids is 1. The zero-order chi connectivity index (χ0) is 28.8. The number of pyridine rings is 1. The second kappa shape index (κ2) is 13.2. The number of aryl methyl sites for hydroxylation is 2. The van der Waals surface area contributed by atoms with Crippen LogP contribution in [0.3, 0.4) is 0 Å². The molecule has 2 atom stereocenters. The monoisotopic (exact) mass is 561 g/mol. The van der Waals surface area contributed by atoms with Gasteiger partial charge >= 0.3 is 5.97 Å². The maximum Gasteiger partial charge on any atom is 0.305 e. The standard InChI is InChI=1S/C33H47N5O3/c1-33(2)15-7-19-38(23-33)28-12-3-8-25(20-28)29(21-30(39)40)36-32(41)26-10-5-17-37(22-26)18-6-11-27-14-13-24-9-4-16-34-31(24)35-27/h3,8,12-14,20,26,29H,4-7,9-11,15-19,21-23H2,1-2H3,(H,34,35)(H,36,41)(H,39,40)/t26-,29+/m1/s1. The Bertz CT molecular complexity index is 1220. The first-order valence-electron chi connectivity index (χ1n) is 15.6. The number of carboxylic acid groups (broad SMARTS) is 1. The van der Waals surface area contributed by atoms with Crippen molar-refractivity contribution in [3.63, 3.8) is 0 Å². The number of nitrogens with one attached hydrogen (secondary N) is 2. The van der Waals surface area contributed by atoms with Crippen LogP contribution in [0.2, 0.25) is 0 Å². The van der Waals surface area contributed by atoms with Crippen LogP contribution in [-0.4, -0.2) is 66.1 Å². The van der Waals surface area contributed by atoms with Crippen molar-refractivity contribution in [2.75, 3.05) is 49.5 Å². The van der Waals surface area contributed by atoms with Gasteiger partial charge in [-0.3, -0.25) is 9.59 Å². The molecule has 3 aliphatic rings. The molecule has 2 saturated heterocycles. The molecule has 0 spiro atoms. The number of amides is 1. The summed E-state index contributed by atoms with van der Waals surface area (Å²) in [6.07, 6.45) is 8.23. The number of likely N-dealkylation sites (tertiary alicyclic amines) is 1. The summed E-state index contributed by atoms with van der Waals surface area (Å²) in [4.78, 5) is 34.9. The van der Waals surface area contributed by atoms with E-state index in [1.807, 2.05) is 12.1 Å². The van der Waals surface area contributed by atoms with Gasteiger partial charge in [0, 0.05) is 37.6 Å². The molecule has 0 bridgehead atoms. The summed E-state index contributed by atoms with van der Waals surface area (Å²) >= 11 is 0. The van der Waals surface area contributed by atoms with E-state index in [0.717, 1.165) is 100 Å². The van der Waals surface area contributed by atoms with Gasteiger partial charge in [-0.15, -0.1) is 0 Å². The molecule has 1 aromatic heterocycles. The van der Waals surface area contributed by atoms with Crippen molar-refractivity contribution < 1.29 is 14.7 Å². The Labute approximate surface area is 244 Å². The Hall–Kier alpha value is -3.13. The number of aromatic nitrogens is 1. The van der Waals surface area contributed by atoms with Crippen LogP contribution in [0.15, 0.2) is 36.4 Å². The Morgan fingerprint density at radius 2 is 2.05 bits per heavy atom. The number of fused-ring (bicyclic) bond motifs is 1. The van der Waals surface area contributed by atoms with E-state index in [2.05, 4.69) is 58.5 Å². The van der Waals surface area contributed by atoms with E-state index in [4.69, 9.17) is 4.98 Å². The number of carbonyl (C=O) groups is 2. The Balaban J connectivity index is 1.17. The van der Waals surface area contributed by atoms with Crippen LogP contribution < -0.4 is 15.5 Å². The summed E-state index contributed by atoms with van der Waals surface area (Å²) in [5.74, 6) is -0.0224. The maximum absolute atomic E-state index is 13.5. The zero-order valence-electron chi connectivity index (χ0n) is 24.8. The van der Waals surface area contributed by atoms with E-state index in [-0.39, 0.29) is 23.7 Å². The molecule has 222 valence electrons. The fourth-order valence-corrected chi connectivity index (χ4v) is 6.76. The van der Waals surface area contributed by atoms with Crippen molar-refractivity contribution >= 4 is 23.4 Å². The van der Waals surface area contributed by atoms with Crippen LogP contribution in [0, 0.1) is 11.3 Å². The van der Waals surface area contributed by atoms with Crippen molar-refractivity contribution in [1.82, 2.24) is 15.2 Å². The van der Waals surface area contributed by atoms with Gasteiger partial charge in [0.05, 0.1) is 18.4 Å². The SMILES string of the molecule is CC1(C)CCCN(c2cccc([C@H](CC(=O)O)NC(=O)[C@@H]3CCCN(CCCc4ccc5c(n4)NCCC5)C3)c2)C1. The highest BCUT2D eigenvalue weighted by atomic mass is 16.4. The highest BCUT2D eigenvalue weighted by molar-refractivity contribution is 5.80. The molecule has 5 rings (SSSR count). The van der Waals surface area contributed by atoms with Crippen molar-refractivity contribution in [1.29, 1.82) is 0 Å². The molecule has 2 aromatic rings. The van der Waals surface area contributed by atoms with Gasteiger partial charge in [-0.05, 0) is 99.2 Å². The van der Waals surface area contributed by atoms with Gasteiger partial charge in [-0.2, -0.15) is 0 Å². The van der Waals surface area contributed by atoms with Crippen LogP contribution in [0.5, 0.6) is 0 Å². The van der Waals surface area contributed by atoms with Crippen molar-refractivity contribution in [2.45, 2.75) is 77.7 Å². The van der Waals surface area contributed by atoms with Gasteiger partial charge in [-0.1, -0.05) is 32.0 Å². The number of carbonyl (C=O) groups excluding carboxylic acids is 1. The number of rotatable bonds is 10. The first-order chi connectivity index (χ1) is 19.8. The van der Waals surface area contributed by atoms with Crippen LogP contribution in [0.25, 0.3) is 0 Å². The van der Waals surface area contributed by atoms with E-state index >= 15 is 0 Å². The largest absolute Gasteiger partial charge is 0.481 e. The summed E-state index contributed by atoms with van der Waals surface area (Å²) in [6, 6.07) is 11.9. The van der Waals surface area contributed by atoms with E-state index in [0.29, 0.717) is 6.54 Å². The third kappa shape index (κ3) is 8.00. The molecule has 0 unspecified atom stereocenters. The molecule has 41 heavy (non-hydrogen) atoms. The van der Waals surface area contributed by atoms with Crippen LogP contribution in [0.4, 0.5) is 11.5 Å². The smallest absolute Gasteiger partial charge is 0.305 e. The maximum atomic E-state index is 13.5. The van der Waals surface area contributed by atoms with Crippen molar-refractivity contribution in [2.24, 2.45) is 11.3 Å². The molecule has 8 heteroatoms. The summed E-state index contributed by atoms with van der Waals surface area (Å²) in [6.45, 7) is 10.2. The lowest BCUT2D eigenvalue weighted by Gasteiger charge is -2.39. The Morgan fingerprint density at radius 1 is 1.17 bits per heavy atom. The minimum Gasteiger partial charge on any atom is -0.481 e. The average Bonchev–Trinajstić information content (AvgIpc) is 2.96. The van der Waals surface area contributed by atoms with Gasteiger partial charge in [0.2, 0.25) is 5.91 Å². The van der Waals surface area contributed by atoms with Crippen LogP contribution >= 0.6 is 0 Å². The number of hydrogen-bond donors (Lipinski definition) is 3. The quantitative estimate of drug-likeness (QED) is 0.374. The van der Waals surface area contributed by atoms with Crippen LogP contribution in [0.1, 0.15) is 81.7 Å². The number of hydrogen-bond acceptors (Lipinski definition) is 6. The first kappa shape index (κ1) is 29.4. The Kier molecular flexibility index (Phi) is 9.48. The summed E-state index contributed by atoms with van der Waals surface area (Å²) in [5.41, 5.74) is 4.66. The Morgan fingerprint density at radius 3 is 2.88 bits per heavy atom. The second-order valence-electron chi connectivity index (χ2n) is 13.0. The number of nitrogens with zero attached hydrogens (tertiary/aromatic N) is 3. The lowest BCUT2D eigenvalue weighted by Crippen LogP contribution is -2.44. The zero-order valence-corrected chi connectivity index (χ0v) is 24.8. The topological polar surface area (TPSA) is 97.8 Å². The third-order valence-corrected chi connectivity index (χ3v) is 8.97.